The van der Waals surface area contributed by atoms with Gasteiger partial charge in [-0.2, -0.15) is 26.3 Å². The number of rotatable bonds is 12. The van der Waals surface area contributed by atoms with Crippen LogP contribution in [0.4, 0.5) is 26.3 Å². The second kappa shape index (κ2) is 11.2. The molecule has 1 aromatic rings. The molecule has 6 nitrogen and oxygen atoms in total. The van der Waals surface area contributed by atoms with Crippen LogP contribution < -0.4 is 16.2 Å². The smallest absolute Gasteiger partial charge is 0.416 e. The van der Waals surface area contributed by atoms with Crippen LogP contribution in [0, 0.1) is 5.92 Å². The number of nitrogens with two attached hydrogens (primary N) is 2. The summed E-state index contributed by atoms with van der Waals surface area (Å²) >= 11 is 0. The van der Waals surface area contributed by atoms with E-state index in [4.69, 9.17) is 21.3 Å². The third kappa shape index (κ3) is 9.45. The topological polar surface area (TPSA) is 116 Å². The van der Waals surface area contributed by atoms with Gasteiger partial charge in [-0.3, -0.25) is 9.59 Å². The summed E-state index contributed by atoms with van der Waals surface area (Å²) < 4.78 is 81.9. The van der Waals surface area contributed by atoms with Gasteiger partial charge in [0.25, 0.3) is 0 Å². The average molecular weight is 458 g/mol. The highest BCUT2D eigenvalue weighted by Gasteiger charge is 2.37. The van der Waals surface area contributed by atoms with Gasteiger partial charge < -0.3 is 21.3 Å². The van der Waals surface area contributed by atoms with Crippen molar-refractivity contribution in [2.75, 3.05) is 6.61 Å². The zero-order chi connectivity index (χ0) is 23.8. The number of amides is 1. The lowest BCUT2D eigenvalue weighted by atomic mass is 9.93. The fourth-order valence-corrected chi connectivity index (χ4v) is 2.83. The maximum absolute atomic E-state index is 12.8. The summed E-state index contributed by atoms with van der Waals surface area (Å²) in [5, 5.41) is 8.78. The Morgan fingerprint density at radius 2 is 1.45 bits per heavy atom. The third-order valence-corrected chi connectivity index (χ3v) is 4.53. The van der Waals surface area contributed by atoms with E-state index in [9.17, 15) is 35.9 Å². The number of carbonyl (C=O) groups is 2. The molecule has 1 unspecified atom stereocenters. The van der Waals surface area contributed by atoms with E-state index in [2.05, 4.69) is 0 Å². The van der Waals surface area contributed by atoms with Crippen molar-refractivity contribution in [1.82, 2.24) is 0 Å². The van der Waals surface area contributed by atoms with Crippen LogP contribution in [-0.4, -0.2) is 29.6 Å². The van der Waals surface area contributed by atoms with E-state index in [0.29, 0.717) is 44.2 Å². The molecule has 0 aromatic heterocycles. The SMILES string of the molecule is NC(=O)C(CCCCCCOc1cc(C(F)(F)F)cc(C(F)(F)F)c1)C[C@H](N)C(=O)O. The Balaban J connectivity index is 2.49. The molecule has 0 bridgehead atoms. The first-order valence-corrected chi connectivity index (χ1v) is 9.41. The predicted octanol–water partition coefficient (Wildman–Crippen LogP) is 3.96. The van der Waals surface area contributed by atoms with E-state index in [1.807, 2.05) is 0 Å². The predicted molar refractivity (Wildman–Crippen MR) is 97.9 cm³/mol. The van der Waals surface area contributed by atoms with Crippen LogP contribution in [0.1, 0.15) is 49.7 Å². The molecule has 0 spiro atoms. The molecular weight excluding hydrogens is 434 g/mol. The van der Waals surface area contributed by atoms with Gasteiger partial charge in [-0.05, 0) is 37.5 Å². The largest absolute Gasteiger partial charge is 0.494 e. The number of primary amides is 1. The number of ether oxygens (including phenoxy) is 1. The fourth-order valence-electron chi connectivity index (χ4n) is 2.83. The molecule has 0 saturated heterocycles. The Hall–Kier alpha value is -2.50. The van der Waals surface area contributed by atoms with Crippen LogP contribution in [0.3, 0.4) is 0 Å². The molecule has 176 valence electrons. The fraction of sp³-hybridized carbons (Fsp3) is 0.579. The van der Waals surface area contributed by atoms with E-state index in [1.165, 1.54) is 0 Å². The van der Waals surface area contributed by atoms with Gasteiger partial charge in [-0.1, -0.05) is 19.3 Å². The minimum absolute atomic E-state index is 0.0261. The Morgan fingerprint density at radius 1 is 0.935 bits per heavy atom. The molecule has 12 heteroatoms. The van der Waals surface area contributed by atoms with Gasteiger partial charge in [0.1, 0.15) is 11.8 Å². The highest BCUT2D eigenvalue weighted by atomic mass is 19.4. The first kappa shape index (κ1) is 26.5. The van der Waals surface area contributed by atoms with E-state index in [-0.39, 0.29) is 19.1 Å². The molecule has 5 N–H and O–H groups in total. The quantitative estimate of drug-likeness (QED) is 0.324. The third-order valence-electron chi connectivity index (χ3n) is 4.53. The Morgan fingerprint density at radius 3 is 1.90 bits per heavy atom. The van der Waals surface area contributed by atoms with Crippen molar-refractivity contribution in [2.45, 2.75) is 56.9 Å². The summed E-state index contributed by atoms with van der Waals surface area (Å²) in [6.07, 6.45) is -7.69. The molecule has 1 aromatic carbocycles. The van der Waals surface area contributed by atoms with Crippen LogP contribution in [0.2, 0.25) is 0 Å². The number of alkyl halides is 6. The van der Waals surface area contributed by atoms with Crippen LogP contribution in [-0.2, 0) is 21.9 Å². The summed E-state index contributed by atoms with van der Waals surface area (Å²) in [7, 11) is 0. The average Bonchev–Trinajstić information content (AvgIpc) is 2.64. The van der Waals surface area contributed by atoms with Crippen molar-refractivity contribution in [1.29, 1.82) is 0 Å². The number of carboxylic acids is 1. The lowest BCUT2D eigenvalue weighted by molar-refractivity contribution is -0.143. The summed E-state index contributed by atoms with van der Waals surface area (Å²) in [6, 6.07) is -0.158. The Labute approximate surface area is 174 Å². The van der Waals surface area contributed by atoms with Gasteiger partial charge in [0.2, 0.25) is 5.91 Å². The number of hydrogen-bond acceptors (Lipinski definition) is 4. The van der Waals surface area contributed by atoms with Gasteiger partial charge in [0.15, 0.2) is 0 Å². The number of hydrogen-bond donors (Lipinski definition) is 3. The van der Waals surface area contributed by atoms with Crippen molar-refractivity contribution in [3.8, 4) is 5.75 Å². The van der Waals surface area contributed by atoms with Crippen molar-refractivity contribution < 1.29 is 45.8 Å². The molecule has 0 aliphatic carbocycles. The molecule has 0 aliphatic heterocycles. The number of carbonyl (C=O) groups excluding carboxylic acids is 1. The van der Waals surface area contributed by atoms with Crippen LogP contribution in [0.25, 0.3) is 0 Å². The second-order valence-corrected chi connectivity index (χ2v) is 7.07. The van der Waals surface area contributed by atoms with Crippen LogP contribution in [0.5, 0.6) is 5.75 Å². The second-order valence-electron chi connectivity index (χ2n) is 7.07. The molecule has 0 saturated carbocycles. The van der Waals surface area contributed by atoms with E-state index in [0.717, 1.165) is 0 Å². The maximum atomic E-state index is 12.8. The minimum Gasteiger partial charge on any atom is -0.494 e. The molecular formula is C19H24F6N2O4. The van der Waals surface area contributed by atoms with Crippen molar-refractivity contribution in [3.05, 3.63) is 29.3 Å². The van der Waals surface area contributed by atoms with Crippen molar-refractivity contribution in [2.24, 2.45) is 17.4 Å². The standard InChI is InChI=1S/C19H24F6N2O4/c20-18(21,22)12-8-13(19(23,24)25)10-14(9-12)31-6-4-2-1-3-5-11(16(27)28)7-15(26)17(29)30/h8-11,15H,1-7,26H2,(H2,27,28)(H,29,30)/t11?,15-/m0/s1. The van der Waals surface area contributed by atoms with E-state index in [1.54, 1.807) is 0 Å². The molecule has 0 radical (unpaired) electrons. The molecule has 1 rings (SSSR count). The monoisotopic (exact) mass is 458 g/mol. The Bertz CT molecular complexity index is 720. The lowest BCUT2D eigenvalue weighted by Gasteiger charge is -2.16. The van der Waals surface area contributed by atoms with Gasteiger partial charge in [-0.25, -0.2) is 0 Å². The first-order valence-electron chi connectivity index (χ1n) is 9.41. The summed E-state index contributed by atoms with van der Waals surface area (Å²) in [6.45, 7) is -0.0955. The van der Waals surface area contributed by atoms with E-state index >= 15 is 0 Å². The zero-order valence-electron chi connectivity index (χ0n) is 16.4. The van der Waals surface area contributed by atoms with Gasteiger partial charge in [0, 0.05) is 5.92 Å². The molecule has 31 heavy (non-hydrogen) atoms. The normalized spacial score (nSPS) is 14.2. The van der Waals surface area contributed by atoms with Crippen LogP contribution in [0.15, 0.2) is 18.2 Å². The maximum Gasteiger partial charge on any atom is 0.416 e. The summed E-state index contributed by atoms with van der Waals surface area (Å²) in [5.41, 5.74) is 7.72. The van der Waals surface area contributed by atoms with Crippen LogP contribution >= 0.6 is 0 Å². The number of benzene rings is 1. The molecule has 1 amide bonds. The van der Waals surface area contributed by atoms with Crippen molar-refractivity contribution >= 4 is 11.9 Å². The minimum atomic E-state index is -4.94. The number of halogens is 6. The van der Waals surface area contributed by atoms with Gasteiger partial charge in [-0.15, -0.1) is 0 Å². The van der Waals surface area contributed by atoms with Gasteiger partial charge >= 0.3 is 18.3 Å². The number of unbranched alkanes of at least 4 members (excludes halogenated alkanes) is 3. The molecule has 2 atom stereocenters. The molecule has 0 fully saturated rings. The zero-order valence-corrected chi connectivity index (χ0v) is 16.4. The summed E-state index contributed by atoms with van der Waals surface area (Å²) in [5.74, 6) is -3.14. The van der Waals surface area contributed by atoms with Crippen molar-refractivity contribution in [3.63, 3.8) is 0 Å². The molecule has 0 aliphatic rings. The Kier molecular flexibility index (Phi) is 9.60. The first-order chi connectivity index (χ1) is 14.2. The van der Waals surface area contributed by atoms with E-state index < -0.39 is 53.1 Å². The highest BCUT2D eigenvalue weighted by Crippen LogP contribution is 2.38. The number of aliphatic carboxylic acids is 1. The summed E-state index contributed by atoms with van der Waals surface area (Å²) in [4.78, 5) is 22.1. The lowest BCUT2D eigenvalue weighted by Crippen LogP contribution is -2.36. The highest BCUT2D eigenvalue weighted by molar-refractivity contribution is 5.79. The van der Waals surface area contributed by atoms with Gasteiger partial charge in [0.05, 0.1) is 17.7 Å². The number of carboxylic acid groups (broad SMARTS) is 1. The molecule has 0 heterocycles.